The summed E-state index contributed by atoms with van der Waals surface area (Å²) in [5.41, 5.74) is 0. The van der Waals surface area contributed by atoms with E-state index in [1.165, 1.54) is 0 Å². The van der Waals surface area contributed by atoms with E-state index in [-0.39, 0.29) is 0 Å². The molecule has 0 bridgehead atoms. The zero-order valence-corrected chi connectivity index (χ0v) is 12.0. The number of furan rings is 1. The van der Waals surface area contributed by atoms with Crippen LogP contribution in [0.3, 0.4) is 0 Å². The SMILES string of the molecule is CCOCC(C)NCc1cc(Br)c(Br)o1. The lowest BCUT2D eigenvalue weighted by Crippen LogP contribution is -2.29. The number of ether oxygens (including phenoxy) is 1. The summed E-state index contributed by atoms with van der Waals surface area (Å²) in [6.07, 6.45) is 0. The summed E-state index contributed by atoms with van der Waals surface area (Å²) in [5, 5.41) is 3.31. The molecule has 5 heteroatoms. The monoisotopic (exact) mass is 339 g/mol. The maximum absolute atomic E-state index is 5.44. The Balaban J connectivity index is 2.30. The third-order valence-electron chi connectivity index (χ3n) is 1.89. The zero-order valence-electron chi connectivity index (χ0n) is 8.85. The van der Waals surface area contributed by atoms with Crippen molar-refractivity contribution in [3.05, 3.63) is 21.0 Å². The van der Waals surface area contributed by atoms with Crippen molar-refractivity contribution in [3.8, 4) is 0 Å². The van der Waals surface area contributed by atoms with Gasteiger partial charge in [-0.3, -0.25) is 0 Å². The van der Waals surface area contributed by atoms with Crippen molar-refractivity contribution in [2.75, 3.05) is 13.2 Å². The summed E-state index contributed by atoms with van der Waals surface area (Å²) in [7, 11) is 0. The summed E-state index contributed by atoms with van der Waals surface area (Å²) >= 11 is 6.67. The molecular formula is C10H15Br2NO2. The number of hydrogen-bond donors (Lipinski definition) is 1. The lowest BCUT2D eigenvalue weighted by atomic mass is 10.3. The third kappa shape index (κ3) is 4.68. The van der Waals surface area contributed by atoms with Gasteiger partial charge in [-0.2, -0.15) is 0 Å². The van der Waals surface area contributed by atoms with E-state index in [4.69, 9.17) is 9.15 Å². The third-order valence-corrected chi connectivity index (χ3v) is 3.60. The Morgan fingerprint density at radius 2 is 2.27 bits per heavy atom. The second-order valence-electron chi connectivity index (χ2n) is 3.28. The van der Waals surface area contributed by atoms with Gasteiger partial charge < -0.3 is 14.5 Å². The molecule has 0 aliphatic carbocycles. The smallest absolute Gasteiger partial charge is 0.183 e. The Morgan fingerprint density at radius 3 is 2.80 bits per heavy atom. The predicted octanol–water partition coefficient (Wildman–Crippen LogP) is 3.32. The molecule has 0 aromatic carbocycles. The number of halogens is 2. The molecule has 1 aromatic rings. The highest BCUT2D eigenvalue weighted by Crippen LogP contribution is 2.26. The van der Waals surface area contributed by atoms with E-state index in [0.29, 0.717) is 12.6 Å². The molecule has 1 unspecified atom stereocenters. The molecule has 1 heterocycles. The van der Waals surface area contributed by atoms with Crippen LogP contribution >= 0.6 is 31.9 Å². The predicted molar refractivity (Wildman–Crippen MR) is 66.9 cm³/mol. The molecule has 1 N–H and O–H groups in total. The first-order valence-electron chi connectivity index (χ1n) is 4.88. The molecule has 1 rings (SSSR count). The highest BCUT2D eigenvalue weighted by Gasteiger charge is 2.07. The van der Waals surface area contributed by atoms with E-state index in [2.05, 4.69) is 44.1 Å². The fourth-order valence-electron chi connectivity index (χ4n) is 1.11. The van der Waals surface area contributed by atoms with Crippen LogP contribution in [0.5, 0.6) is 0 Å². The number of hydrogen-bond acceptors (Lipinski definition) is 3. The summed E-state index contributed by atoms with van der Waals surface area (Å²) in [4.78, 5) is 0. The van der Waals surface area contributed by atoms with Crippen LogP contribution in [0.4, 0.5) is 0 Å². The number of rotatable bonds is 6. The van der Waals surface area contributed by atoms with Gasteiger partial charge in [0.25, 0.3) is 0 Å². The van der Waals surface area contributed by atoms with Gasteiger partial charge in [0.2, 0.25) is 0 Å². The van der Waals surface area contributed by atoms with Crippen molar-refractivity contribution in [2.24, 2.45) is 0 Å². The van der Waals surface area contributed by atoms with Gasteiger partial charge in [-0.25, -0.2) is 0 Å². The Bertz CT molecular complexity index is 282. The zero-order chi connectivity index (χ0) is 11.3. The van der Waals surface area contributed by atoms with E-state index in [1.807, 2.05) is 13.0 Å². The molecular weight excluding hydrogens is 326 g/mol. The van der Waals surface area contributed by atoms with Crippen molar-refractivity contribution >= 4 is 31.9 Å². The molecule has 0 aliphatic heterocycles. The first-order chi connectivity index (χ1) is 7.13. The van der Waals surface area contributed by atoms with E-state index in [0.717, 1.165) is 28.1 Å². The highest BCUT2D eigenvalue weighted by molar-refractivity contribution is 9.13. The molecule has 3 nitrogen and oxygen atoms in total. The topological polar surface area (TPSA) is 34.4 Å². The van der Waals surface area contributed by atoms with E-state index >= 15 is 0 Å². The van der Waals surface area contributed by atoms with Crippen molar-refractivity contribution in [1.82, 2.24) is 5.32 Å². The Labute approximate surface area is 107 Å². The standard InChI is InChI=1S/C10H15Br2NO2/c1-3-14-6-7(2)13-5-8-4-9(11)10(12)15-8/h4,7,13H,3,5-6H2,1-2H3. The summed E-state index contributed by atoms with van der Waals surface area (Å²) < 4.78 is 12.4. The lowest BCUT2D eigenvalue weighted by Gasteiger charge is -2.11. The molecule has 0 saturated heterocycles. The van der Waals surface area contributed by atoms with E-state index in [1.54, 1.807) is 0 Å². The number of nitrogens with one attached hydrogen (secondary N) is 1. The molecule has 15 heavy (non-hydrogen) atoms. The van der Waals surface area contributed by atoms with Gasteiger partial charge in [-0.1, -0.05) is 0 Å². The fourth-order valence-corrected chi connectivity index (χ4v) is 1.77. The average Bonchev–Trinajstić information content (AvgIpc) is 2.52. The molecule has 0 aliphatic rings. The Hall–Kier alpha value is 0.160. The summed E-state index contributed by atoms with van der Waals surface area (Å²) in [5.74, 6) is 0.900. The average molecular weight is 341 g/mol. The van der Waals surface area contributed by atoms with Gasteiger partial charge in [-0.05, 0) is 51.8 Å². The van der Waals surface area contributed by atoms with Crippen LogP contribution < -0.4 is 5.32 Å². The fraction of sp³-hybridized carbons (Fsp3) is 0.600. The molecule has 86 valence electrons. The Morgan fingerprint density at radius 1 is 1.53 bits per heavy atom. The second-order valence-corrected chi connectivity index (χ2v) is 4.85. The van der Waals surface area contributed by atoms with Crippen molar-refractivity contribution in [2.45, 2.75) is 26.4 Å². The van der Waals surface area contributed by atoms with Crippen LogP contribution in [0.2, 0.25) is 0 Å². The molecule has 1 aromatic heterocycles. The lowest BCUT2D eigenvalue weighted by molar-refractivity contribution is 0.126. The minimum absolute atomic E-state index is 0.326. The van der Waals surface area contributed by atoms with E-state index in [9.17, 15) is 0 Å². The van der Waals surface area contributed by atoms with Gasteiger partial charge in [0.1, 0.15) is 5.76 Å². The van der Waals surface area contributed by atoms with Crippen LogP contribution in [-0.2, 0) is 11.3 Å². The van der Waals surface area contributed by atoms with Crippen LogP contribution in [0.1, 0.15) is 19.6 Å². The van der Waals surface area contributed by atoms with Gasteiger partial charge in [0.15, 0.2) is 4.67 Å². The van der Waals surface area contributed by atoms with Crippen LogP contribution in [0, 0.1) is 0 Å². The van der Waals surface area contributed by atoms with E-state index < -0.39 is 0 Å². The first-order valence-corrected chi connectivity index (χ1v) is 6.47. The largest absolute Gasteiger partial charge is 0.452 e. The second kappa shape index (κ2) is 6.68. The highest BCUT2D eigenvalue weighted by atomic mass is 79.9. The van der Waals surface area contributed by atoms with Crippen molar-refractivity contribution in [1.29, 1.82) is 0 Å². The molecule has 0 fully saturated rings. The van der Waals surface area contributed by atoms with Crippen LogP contribution in [0.25, 0.3) is 0 Å². The minimum atomic E-state index is 0.326. The van der Waals surface area contributed by atoms with Crippen LogP contribution in [0.15, 0.2) is 19.6 Å². The van der Waals surface area contributed by atoms with Crippen LogP contribution in [-0.4, -0.2) is 19.3 Å². The molecule has 0 spiro atoms. The molecule has 0 radical (unpaired) electrons. The normalized spacial score (nSPS) is 13.1. The van der Waals surface area contributed by atoms with Crippen molar-refractivity contribution in [3.63, 3.8) is 0 Å². The Kier molecular flexibility index (Phi) is 5.89. The van der Waals surface area contributed by atoms with Crippen molar-refractivity contribution < 1.29 is 9.15 Å². The van der Waals surface area contributed by atoms with Gasteiger partial charge >= 0.3 is 0 Å². The molecule has 0 amide bonds. The quantitative estimate of drug-likeness (QED) is 0.862. The maximum atomic E-state index is 5.44. The minimum Gasteiger partial charge on any atom is -0.452 e. The van der Waals surface area contributed by atoms with Gasteiger partial charge in [0, 0.05) is 12.6 Å². The summed E-state index contributed by atoms with van der Waals surface area (Å²) in [6.45, 7) is 6.26. The van der Waals surface area contributed by atoms with Gasteiger partial charge in [-0.15, -0.1) is 0 Å². The molecule has 0 saturated carbocycles. The molecule has 1 atom stereocenters. The first kappa shape index (κ1) is 13.2. The maximum Gasteiger partial charge on any atom is 0.183 e. The van der Waals surface area contributed by atoms with Gasteiger partial charge in [0.05, 0.1) is 17.6 Å². The summed E-state index contributed by atoms with van der Waals surface area (Å²) in [6, 6.07) is 2.28.